The summed E-state index contributed by atoms with van der Waals surface area (Å²) in [5, 5.41) is 0.543. The van der Waals surface area contributed by atoms with Crippen molar-refractivity contribution in [2.45, 2.75) is 39.0 Å². The molecule has 0 spiro atoms. The standard InChI is InChI=1S/C18H25N3O3S2/c1-5-20(6-2)14-7-8-15(12(3)9-14)21-16-10-26(23,24)11-17(16)25-18(21)19-13(4)22/h7-9,16-17H,5-6,10-11H2,1-4H3. The highest BCUT2D eigenvalue weighted by Crippen LogP contribution is 2.42. The number of thioether (sulfide) groups is 1. The first-order chi connectivity index (χ1) is 12.3. The lowest BCUT2D eigenvalue weighted by Crippen LogP contribution is -2.38. The van der Waals surface area contributed by atoms with E-state index in [1.54, 1.807) is 0 Å². The molecule has 0 aliphatic carbocycles. The van der Waals surface area contributed by atoms with Crippen LogP contribution in [0.2, 0.25) is 0 Å². The predicted molar refractivity (Wildman–Crippen MR) is 109 cm³/mol. The third-order valence-electron chi connectivity index (χ3n) is 4.89. The minimum absolute atomic E-state index is 0.0695. The summed E-state index contributed by atoms with van der Waals surface area (Å²) in [6.45, 7) is 9.54. The number of amidine groups is 1. The molecule has 2 aliphatic rings. The van der Waals surface area contributed by atoms with Crippen LogP contribution in [0.25, 0.3) is 0 Å². The molecule has 0 bridgehead atoms. The van der Waals surface area contributed by atoms with Crippen molar-refractivity contribution in [3.05, 3.63) is 23.8 Å². The Morgan fingerprint density at radius 3 is 2.58 bits per heavy atom. The number of hydrogen-bond donors (Lipinski definition) is 0. The van der Waals surface area contributed by atoms with Gasteiger partial charge in [-0.25, -0.2) is 8.42 Å². The van der Waals surface area contributed by atoms with Gasteiger partial charge in [-0.1, -0.05) is 11.8 Å². The molecule has 2 unspecified atom stereocenters. The lowest BCUT2D eigenvalue weighted by Gasteiger charge is -2.28. The van der Waals surface area contributed by atoms with E-state index in [1.807, 2.05) is 17.9 Å². The number of nitrogens with zero attached hydrogens (tertiary/aromatic N) is 3. The van der Waals surface area contributed by atoms with E-state index in [0.29, 0.717) is 5.17 Å². The molecule has 1 amide bonds. The maximum atomic E-state index is 12.1. The van der Waals surface area contributed by atoms with Crippen LogP contribution in [0.15, 0.2) is 23.2 Å². The number of amides is 1. The minimum atomic E-state index is -3.05. The molecular formula is C18H25N3O3S2. The van der Waals surface area contributed by atoms with E-state index in [-0.39, 0.29) is 28.7 Å². The lowest BCUT2D eigenvalue weighted by molar-refractivity contribution is -0.115. The van der Waals surface area contributed by atoms with Gasteiger partial charge in [-0.3, -0.25) is 4.79 Å². The number of anilines is 2. The molecule has 0 saturated carbocycles. The zero-order valence-electron chi connectivity index (χ0n) is 15.6. The summed E-state index contributed by atoms with van der Waals surface area (Å²) in [7, 11) is -3.05. The van der Waals surface area contributed by atoms with Gasteiger partial charge in [-0.15, -0.1) is 0 Å². The molecule has 1 aromatic rings. The number of sulfone groups is 1. The van der Waals surface area contributed by atoms with Crippen LogP contribution in [-0.2, 0) is 14.6 Å². The van der Waals surface area contributed by atoms with Gasteiger partial charge >= 0.3 is 0 Å². The Labute approximate surface area is 159 Å². The zero-order chi connectivity index (χ0) is 19.1. The number of carbonyl (C=O) groups is 1. The normalized spacial score (nSPS) is 25.5. The average Bonchev–Trinajstić information content (AvgIpc) is 2.99. The average molecular weight is 396 g/mol. The Hall–Kier alpha value is -1.54. The molecule has 8 heteroatoms. The SMILES string of the molecule is CCN(CC)c1ccc(N2C(=NC(C)=O)SC3CS(=O)(=O)CC32)c(C)c1. The van der Waals surface area contributed by atoms with Gasteiger partial charge in [0.25, 0.3) is 0 Å². The van der Waals surface area contributed by atoms with Gasteiger partial charge in [0.05, 0.1) is 17.5 Å². The van der Waals surface area contributed by atoms with Crippen molar-refractivity contribution in [3.63, 3.8) is 0 Å². The maximum Gasteiger partial charge on any atom is 0.244 e. The minimum Gasteiger partial charge on any atom is -0.372 e. The first-order valence-electron chi connectivity index (χ1n) is 8.87. The van der Waals surface area contributed by atoms with E-state index in [2.05, 4.69) is 35.9 Å². The van der Waals surface area contributed by atoms with Crippen LogP contribution in [0.4, 0.5) is 11.4 Å². The van der Waals surface area contributed by atoms with Crippen LogP contribution < -0.4 is 9.80 Å². The highest BCUT2D eigenvalue weighted by Gasteiger charge is 2.49. The first kappa shape index (κ1) is 19.2. The van der Waals surface area contributed by atoms with Gasteiger partial charge in [0.15, 0.2) is 15.0 Å². The summed E-state index contributed by atoms with van der Waals surface area (Å²) >= 11 is 1.41. The second-order valence-corrected chi connectivity index (χ2v) is 10.1. The third-order valence-corrected chi connectivity index (χ3v) is 8.10. The monoisotopic (exact) mass is 395 g/mol. The van der Waals surface area contributed by atoms with Gasteiger partial charge in [0, 0.05) is 36.6 Å². The topological polar surface area (TPSA) is 70.0 Å². The highest BCUT2D eigenvalue weighted by atomic mass is 32.2. The van der Waals surface area contributed by atoms with Crippen molar-refractivity contribution in [1.29, 1.82) is 0 Å². The van der Waals surface area contributed by atoms with Gasteiger partial charge in [0.2, 0.25) is 5.91 Å². The van der Waals surface area contributed by atoms with E-state index >= 15 is 0 Å². The van der Waals surface area contributed by atoms with E-state index in [0.717, 1.165) is 30.0 Å². The number of benzene rings is 1. The summed E-state index contributed by atoms with van der Waals surface area (Å²) in [5.74, 6) is -0.0109. The van der Waals surface area contributed by atoms with E-state index in [4.69, 9.17) is 0 Å². The van der Waals surface area contributed by atoms with E-state index in [9.17, 15) is 13.2 Å². The molecule has 0 radical (unpaired) electrons. The Kier molecular flexibility index (Phi) is 5.35. The fourth-order valence-electron chi connectivity index (χ4n) is 3.68. The number of carbonyl (C=O) groups excluding carboxylic acids is 1. The molecule has 2 fully saturated rings. The molecule has 2 aliphatic heterocycles. The molecule has 6 nitrogen and oxygen atoms in total. The van der Waals surface area contributed by atoms with Crippen LogP contribution in [0.5, 0.6) is 0 Å². The number of aryl methyl sites for hydroxylation is 1. The van der Waals surface area contributed by atoms with Gasteiger partial charge in [0.1, 0.15) is 0 Å². The third kappa shape index (κ3) is 3.62. The van der Waals surface area contributed by atoms with Crippen LogP contribution >= 0.6 is 11.8 Å². The molecule has 2 saturated heterocycles. The highest BCUT2D eigenvalue weighted by molar-refractivity contribution is 8.16. The first-order valence-corrected chi connectivity index (χ1v) is 11.6. The lowest BCUT2D eigenvalue weighted by atomic mass is 10.1. The second-order valence-electron chi connectivity index (χ2n) is 6.73. The Balaban J connectivity index is 2.02. The zero-order valence-corrected chi connectivity index (χ0v) is 17.2. The number of hydrogen-bond acceptors (Lipinski definition) is 5. The van der Waals surface area contributed by atoms with Crippen LogP contribution in [-0.4, -0.2) is 55.4 Å². The molecule has 3 rings (SSSR count). The predicted octanol–water partition coefficient (Wildman–Crippen LogP) is 2.46. The van der Waals surface area contributed by atoms with Gasteiger partial charge in [-0.05, 0) is 44.5 Å². The summed E-state index contributed by atoms with van der Waals surface area (Å²) in [5.41, 5.74) is 3.12. The second kappa shape index (κ2) is 7.23. The molecule has 2 heterocycles. The molecule has 1 aromatic carbocycles. The van der Waals surface area contributed by atoms with Crippen molar-refractivity contribution < 1.29 is 13.2 Å². The largest absolute Gasteiger partial charge is 0.372 e. The summed E-state index contributed by atoms with van der Waals surface area (Å²) in [4.78, 5) is 20.0. The maximum absolute atomic E-state index is 12.1. The fourth-order valence-corrected chi connectivity index (χ4v) is 7.63. The van der Waals surface area contributed by atoms with Crippen LogP contribution in [0.1, 0.15) is 26.3 Å². The van der Waals surface area contributed by atoms with Gasteiger partial charge < -0.3 is 9.80 Å². The molecular weight excluding hydrogens is 370 g/mol. The van der Waals surface area contributed by atoms with Crippen molar-refractivity contribution in [2.24, 2.45) is 4.99 Å². The van der Waals surface area contributed by atoms with Gasteiger partial charge in [-0.2, -0.15) is 4.99 Å². The van der Waals surface area contributed by atoms with Crippen molar-refractivity contribution in [2.75, 3.05) is 34.4 Å². The molecule has 2 atom stereocenters. The Morgan fingerprint density at radius 2 is 2.00 bits per heavy atom. The molecule has 26 heavy (non-hydrogen) atoms. The summed E-state index contributed by atoms with van der Waals surface area (Å²) < 4.78 is 24.2. The number of fused-ring (bicyclic) bond motifs is 1. The molecule has 0 aromatic heterocycles. The van der Waals surface area contributed by atoms with Crippen LogP contribution in [0, 0.1) is 6.92 Å². The number of aliphatic imine (C=N–C) groups is 1. The Bertz CT molecular complexity index is 847. The Morgan fingerprint density at radius 1 is 1.31 bits per heavy atom. The smallest absolute Gasteiger partial charge is 0.244 e. The molecule has 0 N–H and O–H groups in total. The number of rotatable bonds is 4. The van der Waals surface area contributed by atoms with Crippen molar-refractivity contribution in [1.82, 2.24) is 0 Å². The fraction of sp³-hybridized carbons (Fsp3) is 0.556. The molecule has 142 valence electrons. The van der Waals surface area contributed by atoms with E-state index in [1.165, 1.54) is 18.7 Å². The van der Waals surface area contributed by atoms with Crippen molar-refractivity contribution >= 4 is 44.0 Å². The summed E-state index contributed by atoms with van der Waals surface area (Å²) in [6.07, 6.45) is 0. The van der Waals surface area contributed by atoms with Crippen molar-refractivity contribution in [3.8, 4) is 0 Å². The quantitative estimate of drug-likeness (QED) is 0.780. The van der Waals surface area contributed by atoms with Crippen LogP contribution in [0.3, 0.4) is 0 Å². The summed E-state index contributed by atoms with van der Waals surface area (Å²) in [6, 6.07) is 6.03. The van der Waals surface area contributed by atoms with E-state index < -0.39 is 9.84 Å².